The van der Waals surface area contributed by atoms with E-state index in [9.17, 15) is 0 Å². The normalized spacial score (nSPS) is 18.1. The van der Waals surface area contributed by atoms with E-state index in [2.05, 4.69) is 158 Å². The highest BCUT2D eigenvalue weighted by molar-refractivity contribution is 6.26. The summed E-state index contributed by atoms with van der Waals surface area (Å²) < 4.78 is 13.6. The van der Waals surface area contributed by atoms with Crippen molar-refractivity contribution in [1.29, 1.82) is 0 Å². The third-order valence-electron chi connectivity index (χ3n) is 12.2. The fraction of sp³-hybridized carbons (Fsp3) is 0.120. The fourth-order valence-corrected chi connectivity index (χ4v) is 9.64. The predicted octanol–water partition coefficient (Wildman–Crippen LogP) is 14.0. The van der Waals surface area contributed by atoms with Crippen LogP contribution in [0.15, 0.2) is 161 Å². The molecule has 3 heteroatoms. The minimum absolute atomic E-state index is 0.237. The Hall–Kier alpha value is -6.32. The van der Waals surface area contributed by atoms with Crippen molar-refractivity contribution in [3.05, 3.63) is 168 Å². The molecule has 1 fully saturated rings. The summed E-state index contributed by atoms with van der Waals surface area (Å²) in [6.45, 7) is 4.75. The van der Waals surface area contributed by atoms with Crippen LogP contribution >= 0.6 is 0 Å². The summed E-state index contributed by atoms with van der Waals surface area (Å²) in [5, 5.41) is 7.17. The van der Waals surface area contributed by atoms with E-state index in [0.717, 1.165) is 50.2 Å². The molecule has 1 unspecified atom stereocenters. The van der Waals surface area contributed by atoms with Gasteiger partial charge in [0.2, 0.25) is 0 Å². The lowest BCUT2D eigenvalue weighted by Gasteiger charge is -2.27. The summed E-state index contributed by atoms with van der Waals surface area (Å²) in [4.78, 5) is 2.35. The maximum absolute atomic E-state index is 7.23. The number of benzene rings is 7. The minimum atomic E-state index is -0.237. The van der Waals surface area contributed by atoms with Crippen molar-refractivity contribution < 1.29 is 8.83 Å². The Bertz CT molecular complexity index is 3080. The van der Waals surface area contributed by atoms with Gasteiger partial charge < -0.3 is 13.7 Å². The molecule has 0 amide bonds. The third kappa shape index (κ3) is 4.05. The lowest BCUT2D eigenvalue weighted by molar-refractivity contribution is 0.657. The molecule has 0 spiro atoms. The van der Waals surface area contributed by atoms with Crippen LogP contribution in [0.1, 0.15) is 37.0 Å². The highest BCUT2D eigenvalue weighted by atomic mass is 16.3. The summed E-state index contributed by atoms with van der Waals surface area (Å²) in [7, 11) is 0. The Morgan fingerprint density at radius 2 is 1.30 bits per heavy atom. The zero-order chi connectivity index (χ0) is 35.0. The first kappa shape index (κ1) is 29.3. The molecule has 3 nitrogen and oxygen atoms in total. The van der Waals surface area contributed by atoms with Crippen LogP contribution in [0.4, 0.5) is 17.1 Å². The summed E-state index contributed by atoms with van der Waals surface area (Å²) in [6, 6.07) is 48.2. The van der Waals surface area contributed by atoms with Crippen LogP contribution in [0.5, 0.6) is 0 Å². The van der Waals surface area contributed by atoms with Gasteiger partial charge in [0.1, 0.15) is 22.3 Å². The zero-order valence-corrected chi connectivity index (χ0v) is 29.6. The maximum Gasteiger partial charge on any atom is 0.144 e. The van der Waals surface area contributed by atoms with E-state index in [4.69, 9.17) is 8.83 Å². The van der Waals surface area contributed by atoms with Gasteiger partial charge in [-0.3, -0.25) is 0 Å². The molecule has 2 aromatic heterocycles. The summed E-state index contributed by atoms with van der Waals surface area (Å²) in [5.41, 5.74) is 14.3. The second kappa shape index (κ2) is 10.4. The van der Waals surface area contributed by atoms with Crippen molar-refractivity contribution in [1.82, 2.24) is 0 Å². The van der Waals surface area contributed by atoms with Gasteiger partial charge >= 0.3 is 0 Å². The Balaban J connectivity index is 1.12. The van der Waals surface area contributed by atoms with Gasteiger partial charge in [0.15, 0.2) is 0 Å². The van der Waals surface area contributed by atoms with Crippen molar-refractivity contribution in [3.63, 3.8) is 0 Å². The van der Waals surface area contributed by atoms with Crippen LogP contribution in [0.25, 0.3) is 71.3 Å². The topological polar surface area (TPSA) is 29.5 Å². The first-order chi connectivity index (χ1) is 26.0. The zero-order valence-electron chi connectivity index (χ0n) is 29.6. The van der Waals surface area contributed by atoms with E-state index in [1.165, 1.54) is 61.4 Å². The number of rotatable bonds is 4. The van der Waals surface area contributed by atoms with Crippen molar-refractivity contribution >= 4 is 77.3 Å². The highest BCUT2D eigenvalue weighted by Gasteiger charge is 2.41. The number of para-hydroxylation sites is 3. The number of allylic oxidation sites excluding steroid dienone is 4. The summed E-state index contributed by atoms with van der Waals surface area (Å²) in [5.74, 6) is 1.37. The van der Waals surface area contributed by atoms with Crippen LogP contribution in [-0.2, 0) is 5.41 Å². The van der Waals surface area contributed by atoms with E-state index >= 15 is 0 Å². The Labute approximate surface area is 307 Å². The monoisotopic (exact) mass is 681 g/mol. The van der Waals surface area contributed by atoms with Gasteiger partial charge in [0, 0.05) is 61.2 Å². The standard InChI is InChI=1S/C50H35NO2/c1-50(2)42-24-22-33(51(32-11-4-3-5-12-32)34-21-23-37-36-13-8-9-18-43(36)52-44(37)28-34)27-41(42)46-47(50)39-15-7-6-14-38(39)45-40-17-10-16-35(48(40)53-49(45)46)30-20-19-29-25-31(29)26-30/h3-24,26-29,31H,25H2,1-2H3/t29?,31-/m0/s1. The Kier molecular flexibility index (Phi) is 5.74. The van der Waals surface area contributed by atoms with E-state index in [1.807, 2.05) is 12.1 Å². The van der Waals surface area contributed by atoms with Gasteiger partial charge in [0.25, 0.3) is 0 Å². The van der Waals surface area contributed by atoms with Gasteiger partial charge in [-0.2, -0.15) is 0 Å². The molecular weight excluding hydrogens is 647 g/mol. The van der Waals surface area contributed by atoms with Crippen LogP contribution in [-0.4, -0.2) is 0 Å². The second-order valence-corrected chi connectivity index (χ2v) is 15.6. The van der Waals surface area contributed by atoms with Gasteiger partial charge in [-0.05, 0) is 93.8 Å². The molecule has 7 aromatic carbocycles. The lowest BCUT2D eigenvalue weighted by Crippen LogP contribution is -2.16. The van der Waals surface area contributed by atoms with Gasteiger partial charge in [-0.25, -0.2) is 0 Å². The molecule has 0 saturated heterocycles. The van der Waals surface area contributed by atoms with E-state index in [-0.39, 0.29) is 5.41 Å². The average molecular weight is 682 g/mol. The fourth-order valence-electron chi connectivity index (χ4n) is 9.64. The van der Waals surface area contributed by atoms with Crippen LogP contribution < -0.4 is 4.90 Å². The lowest BCUT2D eigenvalue weighted by atomic mass is 9.79. The number of fused-ring (bicyclic) bond motifs is 14. The quantitative estimate of drug-likeness (QED) is 0.185. The molecule has 0 bridgehead atoms. The number of furan rings is 2. The summed E-state index contributed by atoms with van der Waals surface area (Å²) in [6.07, 6.45) is 8.42. The molecular formula is C50H35NO2. The van der Waals surface area contributed by atoms with Crippen molar-refractivity contribution in [2.45, 2.75) is 25.7 Å². The molecule has 252 valence electrons. The van der Waals surface area contributed by atoms with E-state index in [1.54, 1.807) is 0 Å². The van der Waals surface area contributed by atoms with Crippen molar-refractivity contribution in [2.24, 2.45) is 11.8 Å². The van der Waals surface area contributed by atoms with Crippen LogP contribution in [0.2, 0.25) is 0 Å². The van der Waals surface area contributed by atoms with Crippen LogP contribution in [0.3, 0.4) is 0 Å². The summed E-state index contributed by atoms with van der Waals surface area (Å²) >= 11 is 0. The molecule has 2 atom stereocenters. The molecule has 2 heterocycles. The molecule has 12 rings (SSSR count). The first-order valence-corrected chi connectivity index (χ1v) is 18.7. The number of hydrogen-bond acceptors (Lipinski definition) is 3. The molecule has 3 aliphatic rings. The highest BCUT2D eigenvalue weighted by Crippen LogP contribution is 2.57. The smallest absolute Gasteiger partial charge is 0.144 e. The van der Waals surface area contributed by atoms with Crippen molar-refractivity contribution in [2.75, 3.05) is 4.90 Å². The Morgan fingerprint density at radius 3 is 2.17 bits per heavy atom. The molecule has 53 heavy (non-hydrogen) atoms. The maximum atomic E-state index is 7.23. The SMILES string of the molecule is CC1(C)c2ccc(N(c3ccccc3)c3ccc4c(c3)oc3ccccc34)cc2-c2c1c1ccccc1c1c2oc2c(C3=C[C@@H]4CC4C=C3)cccc21. The second-order valence-electron chi connectivity index (χ2n) is 15.6. The molecule has 9 aromatic rings. The van der Waals surface area contributed by atoms with Crippen molar-refractivity contribution in [3.8, 4) is 11.1 Å². The Morgan fingerprint density at radius 1 is 0.566 bits per heavy atom. The number of anilines is 3. The largest absolute Gasteiger partial charge is 0.456 e. The average Bonchev–Trinajstić information content (AvgIpc) is 3.62. The minimum Gasteiger partial charge on any atom is -0.456 e. The molecule has 3 aliphatic carbocycles. The van der Waals surface area contributed by atoms with Crippen LogP contribution in [0, 0.1) is 11.8 Å². The van der Waals surface area contributed by atoms with E-state index in [0.29, 0.717) is 11.8 Å². The molecule has 0 radical (unpaired) electrons. The number of nitrogens with zero attached hydrogens (tertiary/aromatic N) is 1. The molecule has 0 N–H and O–H groups in total. The van der Waals surface area contributed by atoms with Gasteiger partial charge in [0.05, 0.1) is 0 Å². The number of hydrogen-bond donors (Lipinski definition) is 0. The third-order valence-corrected chi connectivity index (χ3v) is 12.2. The van der Waals surface area contributed by atoms with Gasteiger partial charge in [-0.1, -0.05) is 117 Å². The molecule has 1 saturated carbocycles. The first-order valence-electron chi connectivity index (χ1n) is 18.7. The predicted molar refractivity (Wildman–Crippen MR) is 219 cm³/mol. The molecule has 0 aliphatic heterocycles. The van der Waals surface area contributed by atoms with E-state index < -0.39 is 0 Å². The van der Waals surface area contributed by atoms with Gasteiger partial charge in [-0.15, -0.1) is 0 Å².